The van der Waals surface area contributed by atoms with Crippen LogP contribution in [0.25, 0.3) is 22.7 Å². The van der Waals surface area contributed by atoms with Crippen molar-refractivity contribution in [1.29, 1.82) is 0 Å². The Morgan fingerprint density at radius 1 is 1.41 bits per heavy atom. The van der Waals surface area contributed by atoms with Gasteiger partial charge in [-0.3, -0.25) is 10.1 Å². The second kappa shape index (κ2) is 3.41. The Labute approximate surface area is 94.3 Å². The van der Waals surface area contributed by atoms with E-state index in [0.717, 1.165) is 0 Å². The van der Waals surface area contributed by atoms with Gasteiger partial charge in [0, 0.05) is 12.1 Å². The number of fused-ring (bicyclic) bond motifs is 1. The molecule has 0 bridgehead atoms. The molecule has 0 fully saturated rings. The summed E-state index contributed by atoms with van der Waals surface area (Å²) in [5.74, 6) is 0.359. The average molecular weight is 230 g/mol. The Morgan fingerprint density at radius 2 is 2.29 bits per heavy atom. The van der Waals surface area contributed by atoms with Gasteiger partial charge in [-0.05, 0) is 6.07 Å². The highest BCUT2D eigenvalue weighted by molar-refractivity contribution is 5.78. The number of aromatic amines is 1. The first-order valence-electron chi connectivity index (χ1n) is 4.78. The molecule has 0 aliphatic carbocycles. The standard InChI is InChI=1S/C10H6N4O3/c15-14(16)6-1-2-9-7(3-6)13-10(17-9)8-4-11-5-12-8/h1-5H,(H,11,12). The van der Waals surface area contributed by atoms with Gasteiger partial charge < -0.3 is 9.40 Å². The minimum Gasteiger partial charge on any atom is -0.435 e. The van der Waals surface area contributed by atoms with Crippen molar-refractivity contribution in [2.75, 3.05) is 0 Å². The van der Waals surface area contributed by atoms with Gasteiger partial charge in [0.15, 0.2) is 5.58 Å². The summed E-state index contributed by atoms with van der Waals surface area (Å²) in [7, 11) is 0. The number of non-ortho nitro benzene ring substituents is 1. The van der Waals surface area contributed by atoms with Gasteiger partial charge in [0.2, 0.25) is 5.89 Å². The van der Waals surface area contributed by atoms with E-state index in [1.807, 2.05) is 0 Å². The molecule has 0 saturated heterocycles. The molecule has 7 heteroatoms. The molecule has 2 heterocycles. The van der Waals surface area contributed by atoms with Crippen LogP contribution in [0, 0.1) is 10.1 Å². The first-order chi connectivity index (χ1) is 8.24. The van der Waals surface area contributed by atoms with Crippen LogP contribution in [-0.2, 0) is 0 Å². The molecule has 0 amide bonds. The summed E-state index contributed by atoms with van der Waals surface area (Å²) in [6.45, 7) is 0. The summed E-state index contributed by atoms with van der Waals surface area (Å²) in [5.41, 5.74) is 1.56. The zero-order valence-corrected chi connectivity index (χ0v) is 8.45. The van der Waals surface area contributed by atoms with Gasteiger partial charge >= 0.3 is 0 Å². The van der Waals surface area contributed by atoms with E-state index in [9.17, 15) is 10.1 Å². The molecule has 1 aromatic carbocycles. The van der Waals surface area contributed by atoms with Crippen LogP contribution in [0.5, 0.6) is 0 Å². The van der Waals surface area contributed by atoms with Gasteiger partial charge in [-0.1, -0.05) is 0 Å². The van der Waals surface area contributed by atoms with E-state index in [4.69, 9.17) is 4.42 Å². The number of nitro benzene ring substituents is 1. The van der Waals surface area contributed by atoms with Crippen LogP contribution in [-0.4, -0.2) is 19.9 Å². The smallest absolute Gasteiger partial charge is 0.271 e. The maximum Gasteiger partial charge on any atom is 0.271 e. The number of aromatic nitrogens is 3. The number of nitrogens with one attached hydrogen (secondary N) is 1. The monoisotopic (exact) mass is 230 g/mol. The summed E-state index contributed by atoms with van der Waals surface area (Å²) >= 11 is 0. The lowest BCUT2D eigenvalue weighted by molar-refractivity contribution is -0.384. The summed E-state index contributed by atoms with van der Waals surface area (Å²) in [5, 5.41) is 10.6. The molecule has 0 aliphatic heterocycles. The van der Waals surface area contributed by atoms with Gasteiger partial charge in [0.05, 0.1) is 17.4 Å². The Kier molecular flexibility index (Phi) is 1.91. The molecule has 7 nitrogen and oxygen atoms in total. The normalized spacial score (nSPS) is 10.8. The van der Waals surface area contributed by atoms with Crippen molar-refractivity contribution in [2.24, 2.45) is 0 Å². The molecule has 0 unspecified atom stereocenters. The number of hydrogen-bond acceptors (Lipinski definition) is 5. The van der Waals surface area contributed by atoms with E-state index < -0.39 is 4.92 Å². The molecule has 2 aromatic heterocycles. The average Bonchev–Trinajstić information content (AvgIpc) is 2.96. The van der Waals surface area contributed by atoms with Crippen molar-refractivity contribution in [3.63, 3.8) is 0 Å². The van der Waals surface area contributed by atoms with Crippen molar-refractivity contribution in [1.82, 2.24) is 15.0 Å². The number of rotatable bonds is 2. The van der Waals surface area contributed by atoms with E-state index in [2.05, 4.69) is 15.0 Å². The molecule has 1 N–H and O–H groups in total. The zero-order valence-electron chi connectivity index (χ0n) is 8.45. The molecule has 0 spiro atoms. The van der Waals surface area contributed by atoms with Crippen LogP contribution in [0.15, 0.2) is 35.1 Å². The van der Waals surface area contributed by atoms with Crippen molar-refractivity contribution < 1.29 is 9.34 Å². The molecule has 0 saturated carbocycles. The SMILES string of the molecule is O=[N+]([O-])c1ccc2oc(-c3cnc[nH]3)nc2c1. The number of hydrogen-bond donors (Lipinski definition) is 1. The van der Waals surface area contributed by atoms with Crippen molar-refractivity contribution >= 4 is 16.8 Å². The largest absolute Gasteiger partial charge is 0.435 e. The maximum atomic E-state index is 10.6. The first kappa shape index (κ1) is 9.52. The van der Waals surface area contributed by atoms with E-state index in [-0.39, 0.29) is 5.69 Å². The number of nitro groups is 1. The number of nitrogens with zero attached hydrogens (tertiary/aromatic N) is 3. The molecule has 3 aromatic rings. The van der Waals surface area contributed by atoms with E-state index in [1.165, 1.54) is 24.5 Å². The third-order valence-electron chi connectivity index (χ3n) is 2.31. The summed E-state index contributed by atoms with van der Waals surface area (Å²) < 4.78 is 5.44. The quantitative estimate of drug-likeness (QED) is 0.537. The lowest BCUT2D eigenvalue weighted by Crippen LogP contribution is -1.86. The van der Waals surface area contributed by atoms with Crippen LogP contribution >= 0.6 is 0 Å². The van der Waals surface area contributed by atoms with Gasteiger partial charge in [-0.2, -0.15) is 0 Å². The highest BCUT2D eigenvalue weighted by atomic mass is 16.6. The molecule has 0 atom stereocenters. The highest BCUT2D eigenvalue weighted by Gasteiger charge is 2.13. The van der Waals surface area contributed by atoms with Gasteiger partial charge in [-0.15, -0.1) is 0 Å². The molecular formula is C10H6N4O3. The third-order valence-corrected chi connectivity index (χ3v) is 2.31. The van der Waals surface area contributed by atoms with Crippen LogP contribution in [0.2, 0.25) is 0 Å². The minimum atomic E-state index is -0.468. The fourth-order valence-electron chi connectivity index (χ4n) is 1.52. The van der Waals surface area contributed by atoms with Crippen LogP contribution in [0.1, 0.15) is 0 Å². The topological polar surface area (TPSA) is 97.9 Å². The maximum absolute atomic E-state index is 10.6. The van der Waals surface area contributed by atoms with Gasteiger partial charge in [0.1, 0.15) is 11.2 Å². The Hall–Kier alpha value is -2.70. The van der Waals surface area contributed by atoms with E-state index in [0.29, 0.717) is 22.7 Å². The predicted molar refractivity (Wildman–Crippen MR) is 58.2 cm³/mol. The molecule has 3 rings (SSSR count). The number of oxazole rings is 1. The van der Waals surface area contributed by atoms with Gasteiger partial charge in [0.25, 0.3) is 5.69 Å². The minimum absolute atomic E-state index is 0.0121. The number of imidazole rings is 1. The molecule has 0 aliphatic rings. The lowest BCUT2D eigenvalue weighted by Gasteiger charge is -1.88. The van der Waals surface area contributed by atoms with Crippen molar-refractivity contribution in [2.45, 2.75) is 0 Å². The molecule has 17 heavy (non-hydrogen) atoms. The van der Waals surface area contributed by atoms with Crippen LogP contribution in [0.4, 0.5) is 5.69 Å². The Morgan fingerprint density at radius 3 is 3.00 bits per heavy atom. The molecular weight excluding hydrogens is 224 g/mol. The summed E-state index contributed by atoms with van der Waals surface area (Å²) in [4.78, 5) is 21.0. The fourth-order valence-corrected chi connectivity index (χ4v) is 1.52. The Balaban J connectivity index is 2.16. The summed E-state index contributed by atoms with van der Waals surface area (Å²) in [6, 6.07) is 4.28. The lowest BCUT2D eigenvalue weighted by atomic mass is 10.3. The second-order valence-corrected chi connectivity index (χ2v) is 3.39. The van der Waals surface area contributed by atoms with Crippen molar-refractivity contribution in [3.05, 3.63) is 40.8 Å². The third kappa shape index (κ3) is 1.53. The fraction of sp³-hybridized carbons (Fsp3) is 0. The summed E-state index contributed by atoms with van der Waals surface area (Å²) in [6.07, 6.45) is 3.08. The van der Waals surface area contributed by atoms with Crippen LogP contribution < -0.4 is 0 Å². The number of benzene rings is 1. The second-order valence-electron chi connectivity index (χ2n) is 3.39. The molecule has 0 radical (unpaired) electrons. The van der Waals surface area contributed by atoms with Crippen molar-refractivity contribution in [3.8, 4) is 11.6 Å². The van der Waals surface area contributed by atoms with E-state index >= 15 is 0 Å². The number of H-pyrrole nitrogens is 1. The highest BCUT2D eigenvalue weighted by Crippen LogP contribution is 2.25. The first-order valence-corrected chi connectivity index (χ1v) is 4.78. The molecule has 84 valence electrons. The van der Waals surface area contributed by atoms with E-state index in [1.54, 1.807) is 6.20 Å². The van der Waals surface area contributed by atoms with Crippen LogP contribution in [0.3, 0.4) is 0 Å². The zero-order chi connectivity index (χ0) is 11.8. The van der Waals surface area contributed by atoms with Gasteiger partial charge in [-0.25, -0.2) is 9.97 Å². The Bertz CT molecular complexity index is 687. The predicted octanol–water partition coefficient (Wildman–Crippen LogP) is 2.13.